The number of rotatable bonds is 2. The number of hydrogen-bond donors (Lipinski definition) is 0. The first-order valence-corrected chi connectivity index (χ1v) is 5.11. The van der Waals surface area contributed by atoms with E-state index in [2.05, 4.69) is 16.2 Å². The molecule has 1 unspecified atom stereocenters. The van der Waals surface area contributed by atoms with E-state index in [9.17, 15) is 4.79 Å². The van der Waals surface area contributed by atoms with E-state index < -0.39 is 0 Å². The third kappa shape index (κ3) is 2.56. The Bertz CT molecular complexity index is 136. The fourth-order valence-electron chi connectivity index (χ4n) is 1.86. The molecule has 0 spiro atoms. The molecule has 1 saturated carbocycles. The van der Waals surface area contributed by atoms with Gasteiger partial charge in [0, 0.05) is 5.92 Å². The summed E-state index contributed by atoms with van der Waals surface area (Å²) < 4.78 is 0. The van der Waals surface area contributed by atoms with E-state index in [4.69, 9.17) is 0 Å². The van der Waals surface area contributed by atoms with Gasteiger partial charge in [-0.3, -0.25) is 4.79 Å². The van der Waals surface area contributed by atoms with Crippen LogP contribution in [-0.4, -0.2) is 5.52 Å². The van der Waals surface area contributed by atoms with Crippen LogP contribution in [0, 0.1) is 11.8 Å². The lowest BCUT2D eigenvalue weighted by Gasteiger charge is -2.25. The van der Waals surface area contributed by atoms with Gasteiger partial charge in [-0.05, 0) is 31.6 Å². The number of carbonyl (C=O) groups excluding carboxylic acids is 1. The van der Waals surface area contributed by atoms with Crippen LogP contribution < -0.4 is 0 Å². The third-order valence-corrected chi connectivity index (χ3v) is 3.30. The lowest BCUT2D eigenvalue weighted by molar-refractivity contribution is -0.115. The van der Waals surface area contributed by atoms with Gasteiger partial charge in [0.1, 0.15) is 0 Å². The minimum atomic E-state index is 0.319. The zero-order valence-electron chi connectivity index (χ0n) is 7.18. The van der Waals surface area contributed by atoms with E-state index >= 15 is 0 Å². The number of carbonyl (C=O) groups is 1. The van der Waals surface area contributed by atoms with Crippen LogP contribution in [0.1, 0.15) is 39.0 Å². The fourth-order valence-corrected chi connectivity index (χ4v) is 2.19. The van der Waals surface area contributed by atoms with Gasteiger partial charge in [0.2, 0.25) is 0 Å². The van der Waals surface area contributed by atoms with Gasteiger partial charge in [-0.1, -0.05) is 22.6 Å². The second-order valence-electron chi connectivity index (χ2n) is 3.53. The molecule has 0 aromatic carbocycles. The molecular weight excluding hydrogens is 155 g/mol. The Labute approximate surface area is 71.1 Å². The van der Waals surface area contributed by atoms with Crippen molar-refractivity contribution in [1.82, 2.24) is 0 Å². The molecule has 0 saturated heterocycles. The molecule has 1 aliphatic rings. The summed E-state index contributed by atoms with van der Waals surface area (Å²) in [6, 6.07) is 0. The van der Waals surface area contributed by atoms with E-state index in [1.54, 1.807) is 0 Å². The molecule has 0 aromatic heterocycles. The molecule has 0 amide bonds. The lowest BCUT2D eigenvalue weighted by atomic mass is 9.81. The summed E-state index contributed by atoms with van der Waals surface area (Å²) in [6.45, 7) is 2.24. The van der Waals surface area contributed by atoms with Crippen LogP contribution in [0.2, 0.25) is 0 Å². The van der Waals surface area contributed by atoms with Gasteiger partial charge in [-0.15, -0.1) is 0 Å². The van der Waals surface area contributed by atoms with E-state index in [1.807, 2.05) is 0 Å². The molecule has 1 aliphatic carbocycles. The molecule has 0 aromatic rings. The minimum Gasteiger partial charge on any atom is -0.295 e. The van der Waals surface area contributed by atoms with Gasteiger partial charge >= 0.3 is 0 Å². The summed E-state index contributed by atoms with van der Waals surface area (Å²) in [5.74, 6) is 1.26. The van der Waals surface area contributed by atoms with Crippen LogP contribution >= 0.6 is 9.24 Å². The molecule has 11 heavy (non-hydrogen) atoms. The average Bonchev–Trinajstić information content (AvgIpc) is 2.05. The number of hydrogen-bond acceptors (Lipinski definition) is 1. The van der Waals surface area contributed by atoms with Crippen molar-refractivity contribution in [3.8, 4) is 0 Å². The van der Waals surface area contributed by atoms with Crippen molar-refractivity contribution < 1.29 is 4.79 Å². The van der Waals surface area contributed by atoms with Gasteiger partial charge in [0.15, 0.2) is 5.52 Å². The zero-order chi connectivity index (χ0) is 8.27. The van der Waals surface area contributed by atoms with Crippen molar-refractivity contribution in [3.63, 3.8) is 0 Å². The largest absolute Gasteiger partial charge is 0.295 e. The van der Waals surface area contributed by atoms with Gasteiger partial charge < -0.3 is 0 Å². The minimum absolute atomic E-state index is 0.319. The molecular formula is C9H17OP. The highest BCUT2D eigenvalue weighted by atomic mass is 31.0. The molecule has 1 atom stereocenters. The molecule has 0 bridgehead atoms. The molecule has 0 heterocycles. The quantitative estimate of drug-likeness (QED) is 0.585. The van der Waals surface area contributed by atoms with Crippen LogP contribution in [0.3, 0.4) is 0 Å². The van der Waals surface area contributed by atoms with Crippen molar-refractivity contribution in [2.24, 2.45) is 11.8 Å². The van der Waals surface area contributed by atoms with Gasteiger partial charge in [-0.25, -0.2) is 0 Å². The topological polar surface area (TPSA) is 17.1 Å². The molecule has 0 N–H and O–H groups in total. The molecule has 64 valence electrons. The van der Waals surface area contributed by atoms with E-state index in [-0.39, 0.29) is 0 Å². The summed E-state index contributed by atoms with van der Waals surface area (Å²) in [4.78, 5) is 11.0. The van der Waals surface area contributed by atoms with E-state index in [1.165, 1.54) is 19.3 Å². The predicted molar refractivity (Wildman–Crippen MR) is 50.5 cm³/mol. The molecule has 1 rings (SSSR count). The lowest BCUT2D eigenvalue weighted by Crippen LogP contribution is -2.17. The maximum Gasteiger partial charge on any atom is 0.151 e. The molecule has 0 radical (unpaired) electrons. The van der Waals surface area contributed by atoms with Crippen molar-refractivity contribution in [2.45, 2.75) is 39.0 Å². The molecule has 0 aliphatic heterocycles. The van der Waals surface area contributed by atoms with Crippen LogP contribution in [0.15, 0.2) is 0 Å². The van der Waals surface area contributed by atoms with E-state index in [0.29, 0.717) is 11.4 Å². The highest BCUT2D eigenvalue weighted by Crippen LogP contribution is 2.31. The Hall–Kier alpha value is 0.100. The monoisotopic (exact) mass is 172 g/mol. The molecule has 1 nitrogen and oxygen atoms in total. The Kier molecular flexibility index (Phi) is 3.51. The van der Waals surface area contributed by atoms with Crippen molar-refractivity contribution >= 4 is 14.8 Å². The highest BCUT2D eigenvalue weighted by Gasteiger charge is 2.22. The van der Waals surface area contributed by atoms with Gasteiger partial charge in [-0.2, -0.15) is 0 Å². The maximum atomic E-state index is 11.0. The smallest absolute Gasteiger partial charge is 0.151 e. The summed E-state index contributed by atoms with van der Waals surface area (Å²) >= 11 is 0. The predicted octanol–water partition coefficient (Wildman–Crippen LogP) is 2.60. The molecule has 2 heteroatoms. The standard InChI is InChI=1S/C9H17OP/c1-2-7-3-5-8(6-4-7)9(10)11/h7-8H,2-6,11H2,1H3. The van der Waals surface area contributed by atoms with Gasteiger partial charge in [0.05, 0.1) is 0 Å². The highest BCUT2D eigenvalue weighted by molar-refractivity contribution is 7.40. The van der Waals surface area contributed by atoms with Crippen molar-refractivity contribution in [2.75, 3.05) is 0 Å². The van der Waals surface area contributed by atoms with Gasteiger partial charge in [0.25, 0.3) is 0 Å². The van der Waals surface area contributed by atoms with Crippen molar-refractivity contribution in [1.29, 1.82) is 0 Å². The second kappa shape index (κ2) is 4.21. The Morgan fingerprint density at radius 1 is 1.36 bits per heavy atom. The summed E-state index contributed by atoms with van der Waals surface area (Å²) in [5, 5.41) is 0. The van der Waals surface area contributed by atoms with Crippen LogP contribution in [0.4, 0.5) is 0 Å². The van der Waals surface area contributed by atoms with E-state index in [0.717, 1.165) is 18.8 Å². The van der Waals surface area contributed by atoms with Crippen LogP contribution in [0.25, 0.3) is 0 Å². The summed E-state index contributed by atoms with van der Waals surface area (Å²) in [5.41, 5.74) is 0.319. The first-order chi connectivity index (χ1) is 5.24. The second-order valence-corrected chi connectivity index (χ2v) is 4.10. The fraction of sp³-hybridized carbons (Fsp3) is 0.889. The zero-order valence-corrected chi connectivity index (χ0v) is 8.33. The van der Waals surface area contributed by atoms with Crippen LogP contribution in [0.5, 0.6) is 0 Å². The Balaban J connectivity index is 2.30. The van der Waals surface area contributed by atoms with Crippen LogP contribution in [-0.2, 0) is 4.79 Å². The summed E-state index contributed by atoms with van der Waals surface area (Å²) in [6.07, 6.45) is 6.07. The average molecular weight is 172 g/mol. The van der Waals surface area contributed by atoms with Crippen molar-refractivity contribution in [3.05, 3.63) is 0 Å². The SMILES string of the molecule is CCC1CCC(C(=O)P)CC1. The summed E-state index contributed by atoms with van der Waals surface area (Å²) in [7, 11) is 2.31. The molecule has 1 fully saturated rings. The Morgan fingerprint density at radius 3 is 2.27 bits per heavy atom. The third-order valence-electron chi connectivity index (χ3n) is 2.83. The Morgan fingerprint density at radius 2 is 1.91 bits per heavy atom. The first-order valence-electron chi connectivity index (χ1n) is 4.53. The normalized spacial score (nSPS) is 31.8. The first kappa shape index (κ1) is 9.19. The maximum absolute atomic E-state index is 11.0.